The van der Waals surface area contributed by atoms with E-state index in [0.29, 0.717) is 13.0 Å². The van der Waals surface area contributed by atoms with Crippen LogP contribution in [0.4, 0.5) is 0 Å². The number of allylic oxidation sites excluding steroid dienone is 1. The van der Waals surface area contributed by atoms with Gasteiger partial charge in [-0.25, -0.2) is 0 Å². The molecule has 1 N–H and O–H groups in total. The summed E-state index contributed by atoms with van der Waals surface area (Å²) in [6.07, 6.45) is 3.01. The molecule has 0 heterocycles. The average Bonchev–Trinajstić information content (AvgIpc) is 2.34. The van der Waals surface area contributed by atoms with Gasteiger partial charge in [0, 0.05) is 5.71 Å². The van der Waals surface area contributed by atoms with Crippen LogP contribution < -0.4 is 0 Å². The van der Waals surface area contributed by atoms with Crippen molar-refractivity contribution in [2.24, 2.45) is 16.3 Å². The highest BCUT2D eigenvalue weighted by Gasteiger charge is 2.33. The summed E-state index contributed by atoms with van der Waals surface area (Å²) in [6.45, 7) is 8.01. The molecule has 5 nitrogen and oxygen atoms in total. The van der Waals surface area contributed by atoms with Crippen molar-refractivity contribution < 1.29 is 14.6 Å². The molecule has 0 bridgehead atoms. The summed E-state index contributed by atoms with van der Waals surface area (Å²) in [6, 6.07) is 2.04. The molecular weight excluding hydrogens is 268 g/mol. The zero-order chi connectivity index (χ0) is 16.0. The number of aliphatic imine (C=N–C) groups is 1. The van der Waals surface area contributed by atoms with Crippen LogP contribution in [0.2, 0.25) is 0 Å². The highest BCUT2D eigenvalue weighted by molar-refractivity contribution is 5.98. The summed E-state index contributed by atoms with van der Waals surface area (Å²) in [5.41, 5.74) is 1.51. The standard InChI is InChI=1S/C16H24N2O3/c1-11(2)21-15(20)14(10-17)12-7-13(18-5-6-19)9-16(3,4)8-12/h7,11,14,19H,5-6,8-9H2,1-4H3. The largest absolute Gasteiger partial charge is 0.462 e. The third-order valence-corrected chi connectivity index (χ3v) is 3.20. The Hall–Kier alpha value is -1.67. The number of aliphatic hydroxyl groups is 1. The Morgan fingerprint density at radius 2 is 2.19 bits per heavy atom. The predicted octanol–water partition coefficient (Wildman–Crippen LogP) is 2.26. The molecular formula is C16H24N2O3. The molecule has 0 saturated carbocycles. The number of aliphatic hydroxyl groups excluding tert-OH is 1. The van der Waals surface area contributed by atoms with Crippen LogP contribution in [0.25, 0.3) is 0 Å². The number of nitriles is 1. The molecule has 0 amide bonds. The van der Waals surface area contributed by atoms with Gasteiger partial charge in [0.15, 0.2) is 5.92 Å². The van der Waals surface area contributed by atoms with E-state index in [4.69, 9.17) is 9.84 Å². The normalized spacial score (nSPS) is 20.8. The van der Waals surface area contributed by atoms with E-state index in [9.17, 15) is 10.1 Å². The lowest BCUT2D eigenvalue weighted by atomic mass is 9.73. The van der Waals surface area contributed by atoms with Crippen LogP contribution in [0.5, 0.6) is 0 Å². The molecule has 1 atom stereocenters. The summed E-state index contributed by atoms with van der Waals surface area (Å²) < 4.78 is 5.16. The Morgan fingerprint density at radius 1 is 1.52 bits per heavy atom. The van der Waals surface area contributed by atoms with Gasteiger partial charge >= 0.3 is 5.97 Å². The number of carbonyl (C=O) groups is 1. The number of esters is 1. The van der Waals surface area contributed by atoms with Gasteiger partial charge in [0.2, 0.25) is 0 Å². The molecule has 0 aromatic heterocycles. The van der Waals surface area contributed by atoms with Gasteiger partial charge < -0.3 is 9.84 Å². The molecule has 1 aliphatic rings. The molecule has 0 spiro atoms. The number of carbonyl (C=O) groups excluding carboxylic acids is 1. The van der Waals surface area contributed by atoms with E-state index >= 15 is 0 Å². The second-order valence-corrected chi connectivity index (χ2v) is 6.38. The summed E-state index contributed by atoms with van der Waals surface area (Å²) in [5.74, 6) is -1.38. The van der Waals surface area contributed by atoms with Crippen LogP contribution >= 0.6 is 0 Å². The van der Waals surface area contributed by atoms with E-state index in [2.05, 4.69) is 18.8 Å². The Kier molecular flexibility index (Phi) is 6.10. The van der Waals surface area contributed by atoms with Crippen LogP contribution in [0.1, 0.15) is 40.5 Å². The molecule has 0 aromatic rings. The van der Waals surface area contributed by atoms with Crippen LogP contribution in [0.3, 0.4) is 0 Å². The van der Waals surface area contributed by atoms with E-state index < -0.39 is 11.9 Å². The fourth-order valence-electron chi connectivity index (χ4n) is 2.49. The van der Waals surface area contributed by atoms with Crippen molar-refractivity contribution in [3.05, 3.63) is 11.6 Å². The highest BCUT2D eigenvalue weighted by Crippen LogP contribution is 2.37. The molecule has 1 rings (SSSR count). The average molecular weight is 292 g/mol. The first-order chi connectivity index (χ1) is 9.79. The van der Waals surface area contributed by atoms with Gasteiger partial charge in [-0.2, -0.15) is 5.26 Å². The van der Waals surface area contributed by atoms with Crippen molar-refractivity contribution in [2.45, 2.75) is 46.6 Å². The molecule has 116 valence electrons. The fourth-order valence-corrected chi connectivity index (χ4v) is 2.49. The molecule has 1 aliphatic carbocycles. The molecule has 5 heteroatoms. The van der Waals surface area contributed by atoms with Gasteiger partial charge in [-0.3, -0.25) is 9.79 Å². The first-order valence-electron chi connectivity index (χ1n) is 7.24. The summed E-state index contributed by atoms with van der Waals surface area (Å²) in [7, 11) is 0. The van der Waals surface area contributed by atoms with E-state index in [1.165, 1.54) is 0 Å². The van der Waals surface area contributed by atoms with Crippen molar-refractivity contribution in [3.8, 4) is 6.07 Å². The van der Waals surface area contributed by atoms with Gasteiger partial charge in [-0.15, -0.1) is 0 Å². The zero-order valence-electron chi connectivity index (χ0n) is 13.2. The van der Waals surface area contributed by atoms with Crippen LogP contribution in [0.15, 0.2) is 16.6 Å². The van der Waals surface area contributed by atoms with Crippen molar-refractivity contribution in [3.63, 3.8) is 0 Å². The van der Waals surface area contributed by atoms with Gasteiger partial charge in [0.25, 0.3) is 0 Å². The van der Waals surface area contributed by atoms with Gasteiger partial charge in [0.1, 0.15) is 0 Å². The number of rotatable bonds is 5. The third-order valence-electron chi connectivity index (χ3n) is 3.20. The van der Waals surface area contributed by atoms with Crippen LogP contribution in [-0.4, -0.2) is 36.0 Å². The first-order valence-corrected chi connectivity index (χ1v) is 7.24. The molecule has 1 unspecified atom stereocenters. The lowest BCUT2D eigenvalue weighted by Gasteiger charge is -2.32. The maximum Gasteiger partial charge on any atom is 0.327 e. The summed E-state index contributed by atoms with van der Waals surface area (Å²) >= 11 is 0. The monoisotopic (exact) mass is 292 g/mol. The maximum absolute atomic E-state index is 12.1. The topological polar surface area (TPSA) is 82.7 Å². The Labute approximate surface area is 126 Å². The third kappa shape index (κ3) is 5.31. The SMILES string of the molecule is CC(C)OC(=O)C(C#N)C1=CC(=NCCO)CC(C)(C)C1. The maximum atomic E-state index is 12.1. The fraction of sp³-hybridized carbons (Fsp3) is 0.688. The van der Waals surface area contributed by atoms with Crippen LogP contribution in [0, 0.1) is 22.7 Å². The van der Waals surface area contributed by atoms with E-state index in [-0.39, 0.29) is 18.1 Å². The quantitative estimate of drug-likeness (QED) is 0.788. The smallest absolute Gasteiger partial charge is 0.327 e. The second-order valence-electron chi connectivity index (χ2n) is 6.38. The minimum atomic E-state index is -0.883. The van der Waals surface area contributed by atoms with Gasteiger partial charge in [-0.05, 0) is 43.8 Å². The molecule has 0 aliphatic heterocycles. The zero-order valence-corrected chi connectivity index (χ0v) is 13.2. The molecule has 0 fully saturated rings. The second kappa shape index (κ2) is 7.37. The Balaban J connectivity index is 3.03. The van der Waals surface area contributed by atoms with Crippen LogP contribution in [-0.2, 0) is 9.53 Å². The van der Waals surface area contributed by atoms with Crippen molar-refractivity contribution in [2.75, 3.05) is 13.2 Å². The minimum Gasteiger partial charge on any atom is -0.462 e. The van der Waals surface area contributed by atoms with Crippen molar-refractivity contribution in [1.82, 2.24) is 0 Å². The first kappa shape index (κ1) is 17.4. The van der Waals surface area contributed by atoms with Gasteiger partial charge in [-0.1, -0.05) is 13.8 Å². The van der Waals surface area contributed by atoms with Crippen molar-refractivity contribution in [1.29, 1.82) is 5.26 Å². The lowest BCUT2D eigenvalue weighted by molar-refractivity contribution is -0.149. The Morgan fingerprint density at radius 3 is 2.71 bits per heavy atom. The van der Waals surface area contributed by atoms with Gasteiger partial charge in [0.05, 0.1) is 25.3 Å². The lowest BCUT2D eigenvalue weighted by Crippen LogP contribution is -2.29. The molecule has 0 saturated heterocycles. The summed E-state index contributed by atoms with van der Waals surface area (Å²) in [4.78, 5) is 16.4. The molecule has 21 heavy (non-hydrogen) atoms. The van der Waals surface area contributed by atoms with E-state index in [1.807, 2.05) is 12.1 Å². The molecule has 0 radical (unpaired) electrons. The highest BCUT2D eigenvalue weighted by atomic mass is 16.5. The molecule has 0 aromatic carbocycles. The number of nitrogens with zero attached hydrogens (tertiary/aromatic N) is 2. The number of ether oxygens (including phenoxy) is 1. The number of hydrogen-bond acceptors (Lipinski definition) is 5. The van der Waals surface area contributed by atoms with E-state index in [0.717, 1.165) is 17.7 Å². The Bertz CT molecular complexity index is 484. The predicted molar refractivity (Wildman–Crippen MR) is 80.8 cm³/mol. The summed E-state index contributed by atoms with van der Waals surface area (Å²) in [5, 5.41) is 18.2. The minimum absolute atomic E-state index is 0.00975. The number of hydrogen-bond donors (Lipinski definition) is 1. The van der Waals surface area contributed by atoms with E-state index in [1.54, 1.807) is 13.8 Å². The van der Waals surface area contributed by atoms with Crippen molar-refractivity contribution >= 4 is 11.7 Å².